The zero-order valence-corrected chi connectivity index (χ0v) is 13.6. The molecule has 2 aliphatic rings. The Morgan fingerprint density at radius 3 is 3.04 bits per heavy atom. The monoisotopic (exact) mass is 330 g/mol. The summed E-state index contributed by atoms with van der Waals surface area (Å²) >= 11 is 0. The predicted octanol–water partition coefficient (Wildman–Crippen LogP) is 1.39. The van der Waals surface area contributed by atoms with Crippen LogP contribution in [-0.2, 0) is 6.54 Å². The molecule has 1 aliphatic heterocycles. The molecule has 0 bridgehead atoms. The van der Waals surface area contributed by atoms with Crippen molar-refractivity contribution in [1.29, 1.82) is 0 Å². The molecular weight excluding hydrogens is 308 g/mol. The first-order valence-corrected chi connectivity index (χ1v) is 8.64. The van der Waals surface area contributed by atoms with E-state index in [0.717, 1.165) is 51.7 Å². The number of aromatic nitrogens is 4. The van der Waals surface area contributed by atoms with Crippen molar-refractivity contribution in [2.45, 2.75) is 50.7 Å². The standard InChI is InChI=1S/C16H22N6O2/c23-15(18-12-4-5-12)14-19-16(24-20-14)13-3-1-8-22(13)9-2-7-21-10-6-17-11-21/h6,10-13H,1-5,7-9H2,(H,18,23). The summed E-state index contributed by atoms with van der Waals surface area (Å²) in [6.07, 6.45) is 10.8. The van der Waals surface area contributed by atoms with Gasteiger partial charge >= 0.3 is 0 Å². The van der Waals surface area contributed by atoms with Crippen LogP contribution >= 0.6 is 0 Å². The van der Waals surface area contributed by atoms with E-state index in [-0.39, 0.29) is 17.8 Å². The van der Waals surface area contributed by atoms with Gasteiger partial charge in [-0.25, -0.2) is 4.98 Å². The molecule has 1 atom stereocenters. The molecule has 1 aliphatic carbocycles. The molecule has 8 heteroatoms. The van der Waals surface area contributed by atoms with Gasteiger partial charge in [0.05, 0.1) is 12.4 Å². The Morgan fingerprint density at radius 2 is 2.25 bits per heavy atom. The van der Waals surface area contributed by atoms with Crippen LogP contribution < -0.4 is 5.32 Å². The van der Waals surface area contributed by atoms with Gasteiger partial charge in [-0.2, -0.15) is 4.98 Å². The maximum Gasteiger partial charge on any atom is 0.292 e. The molecule has 1 amide bonds. The quantitative estimate of drug-likeness (QED) is 0.825. The zero-order chi connectivity index (χ0) is 16.4. The van der Waals surface area contributed by atoms with E-state index in [9.17, 15) is 4.79 Å². The first kappa shape index (κ1) is 15.3. The Hall–Kier alpha value is -2.22. The van der Waals surface area contributed by atoms with E-state index in [1.54, 1.807) is 6.20 Å². The smallest absolute Gasteiger partial charge is 0.292 e. The van der Waals surface area contributed by atoms with Crippen molar-refractivity contribution in [2.75, 3.05) is 13.1 Å². The van der Waals surface area contributed by atoms with Crippen molar-refractivity contribution in [3.8, 4) is 0 Å². The fourth-order valence-electron chi connectivity index (χ4n) is 3.19. The van der Waals surface area contributed by atoms with E-state index in [1.807, 2.05) is 12.5 Å². The summed E-state index contributed by atoms with van der Waals surface area (Å²) in [6, 6.07) is 0.424. The van der Waals surface area contributed by atoms with Crippen LogP contribution in [0.4, 0.5) is 0 Å². The molecule has 1 unspecified atom stereocenters. The Kier molecular flexibility index (Phi) is 4.29. The van der Waals surface area contributed by atoms with Gasteiger partial charge in [-0.3, -0.25) is 9.69 Å². The molecular formula is C16H22N6O2. The van der Waals surface area contributed by atoms with Crippen molar-refractivity contribution < 1.29 is 9.32 Å². The van der Waals surface area contributed by atoms with Crippen LogP contribution in [0.2, 0.25) is 0 Å². The van der Waals surface area contributed by atoms with Crippen LogP contribution in [0.1, 0.15) is 54.7 Å². The van der Waals surface area contributed by atoms with E-state index >= 15 is 0 Å². The van der Waals surface area contributed by atoms with Gasteiger partial charge in [-0.05, 0) is 38.6 Å². The van der Waals surface area contributed by atoms with E-state index in [4.69, 9.17) is 4.52 Å². The molecule has 3 heterocycles. The van der Waals surface area contributed by atoms with Gasteiger partial charge in [0.25, 0.3) is 11.7 Å². The third kappa shape index (κ3) is 3.48. The first-order valence-electron chi connectivity index (χ1n) is 8.64. The van der Waals surface area contributed by atoms with Crippen molar-refractivity contribution in [3.63, 3.8) is 0 Å². The van der Waals surface area contributed by atoms with E-state index in [0.29, 0.717) is 11.9 Å². The highest BCUT2D eigenvalue weighted by atomic mass is 16.5. The van der Waals surface area contributed by atoms with Crippen LogP contribution in [0.3, 0.4) is 0 Å². The molecule has 2 aromatic rings. The number of likely N-dealkylation sites (tertiary alicyclic amines) is 1. The van der Waals surface area contributed by atoms with Gasteiger partial charge in [-0.15, -0.1) is 0 Å². The molecule has 0 aromatic carbocycles. The largest absolute Gasteiger partial charge is 0.346 e. The van der Waals surface area contributed by atoms with Gasteiger partial charge in [0.15, 0.2) is 0 Å². The average molecular weight is 330 g/mol. The number of rotatable bonds is 7. The van der Waals surface area contributed by atoms with Crippen LogP contribution in [0.25, 0.3) is 0 Å². The van der Waals surface area contributed by atoms with Crippen LogP contribution in [0, 0.1) is 0 Å². The molecule has 0 radical (unpaired) electrons. The minimum Gasteiger partial charge on any atom is -0.346 e. The second-order valence-corrected chi connectivity index (χ2v) is 6.55. The molecule has 8 nitrogen and oxygen atoms in total. The van der Waals surface area contributed by atoms with Gasteiger partial charge in [0, 0.05) is 31.5 Å². The van der Waals surface area contributed by atoms with Crippen molar-refractivity contribution in [3.05, 3.63) is 30.4 Å². The van der Waals surface area contributed by atoms with E-state index < -0.39 is 0 Å². The molecule has 128 valence electrons. The van der Waals surface area contributed by atoms with Crippen molar-refractivity contribution in [1.82, 2.24) is 29.9 Å². The minimum atomic E-state index is -0.225. The molecule has 2 aromatic heterocycles. The molecule has 1 saturated heterocycles. The number of carbonyl (C=O) groups excluding carboxylic acids is 1. The lowest BCUT2D eigenvalue weighted by Crippen LogP contribution is -2.27. The van der Waals surface area contributed by atoms with Crippen LogP contribution in [0.15, 0.2) is 23.2 Å². The fourth-order valence-corrected chi connectivity index (χ4v) is 3.19. The molecule has 2 fully saturated rings. The summed E-state index contributed by atoms with van der Waals surface area (Å²) in [5.41, 5.74) is 0. The molecule has 1 saturated carbocycles. The molecule has 24 heavy (non-hydrogen) atoms. The Labute approximate surface area is 140 Å². The van der Waals surface area contributed by atoms with Gasteiger partial charge in [0.1, 0.15) is 0 Å². The molecule has 0 spiro atoms. The van der Waals surface area contributed by atoms with Gasteiger partial charge < -0.3 is 14.4 Å². The van der Waals surface area contributed by atoms with E-state index in [1.165, 1.54) is 0 Å². The Balaban J connectivity index is 1.33. The highest BCUT2D eigenvalue weighted by molar-refractivity contribution is 5.90. The summed E-state index contributed by atoms with van der Waals surface area (Å²) in [6.45, 7) is 2.94. The maximum atomic E-state index is 12.0. The minimum absolute atomic E-state index is 0.128. The maximum absolute atomic E-state index is 12.0. The summed E-state index contributed by atoms with van der Waals surface area (Å²) in [5.74, 6) is 0.496. The Bertz CT molecular complexity index is 679. The van der Waals surface area contributed by atoms with Crippen molar-refractivity contribution in [2.24, 2.45) is 0 Å². The lowest BCUT2D eigenvalue weighted by atomic mass is 10.2. The molecule has 1 N–H and O–H groups in total. The van der Waals surface area contributed by atoms with Crippen molar-refractivity contribution >= 4 is 5.91 Å². The highest BCUT2D eigenvalue weighted by Gasteiger charge is 2.32. The number of amides is 1. The van der Waals surface area contributed by atoms with Crippen LogP contribution in [0.5, 0.6) is 0 Å². The molecule has 4 rings (SSSR count). The first-order chi connectivity index (χ1) is 11.8. The lowest BCUT2D eigenvalue weighted by Gasteiger charge is -2.21. The Morgan fingerprint density at radius 1 is 1.33 bits per heavy atom. The fraction of sp³-hybridized carbons (Fsp3) is 0.625. The average Bonchev–Trinajstić information content (AvgIpc) is 3.05. The highest BCUT2D eigenvalue weighted by Crippen LogP contribution is 2.31. The SMILES string of the molecule is O=C(NC1CC1)c1noc(C2CCCN2CCCn2ccnc2)n1. The number of carbonyl (C=O) groups is 1. The third-order valence-electron chi connectivity index (χ3n) is 4.63. The lowest BCUT2D eigenvalue weighted by molar-refractivity contribution is 0.0937. The number of hydrogen-bond acceptors (Lipinski definition) is 6. The topological polar surface area (TPSA) is 89.1 Å². The summed E-state index contributed by atoms with van der Waals surface area (Å²) < 4.78 is 7.46. The van der Waals surface area contributed by atoms with Gasteiger partial charge in [-0.1, -0.05) is 5.16 Å². The second-order valence-electron chi connectivity index (χ2n) is 6.55. The summed E-state index contributed by atoms with van der Waals surface area (Å²) in [7, 11) is 0. The number of aryl methyl sites for hydroxylation is 1. The number of hydrogen-bond donors (Lipinski definition) is 1. The summed E-state index contributed by atoms with van der Waals surface area (Å²) in [5, 5.41) is 6.75. The summed E-state index contributed by atoms with van der Waals surface area (Å²) in [4.78, 5) is 22.7. The number of nitrogens with one attached hydrogen (secondary N) is 1. The van der Waals surface area contributed by atoms with E-state index in [2.05, 4.69) is 29.9 Å². The zero-order valence-electron chi connectivity index (χ0n) is 13.6. The number of nitrogens with zero attached hydrogens (tertiary/aromatic N) is 5. The normalized spacial score (nSPS) is 21.2. The van der Waals surface area contributed by atoms with Crippen LogP contribution in [-0.4, -0.2) is 49.6 Å². The van der Waals surface area contributed by atoms with Gasteiger partial charge in [0.2, 0.25) is 5.89 Å². The predicted molar refractivity (Wildman–Crippen MR) is 85.2 cm³/mol. The second kappa shape index (κ2) is 6.72. The third-order valence-corrected chi connectivity index (χ3v) is 4.63. The number of imidazole rings is 1.